The maximum absolute atomic E-state index is 12.9. The van der Waals surface area contributed by atoms with Gasteiger partial charge in [-0.1, -0.05) is 11.6 Å². The Morgan fingerprint density at radius 2 is 1.50 bits per heavy atom. The fraction of sp³-hybridized carbons (Fsp3) is 0.353. The van der Waals surface area contributed by atoms with E-state index in [1.54, 1.807) is 4.90 Å². The number of nitrogens with zero attached hydrogens (tertiary/aromatic N) is 4. The Labute approximate surface area is 170 Å². The third kappa shape index (κ3) is 4.53. The number of anilines is 2. The fourth-order valence-electron chi connectivity index (χ4n) is 3.09. The average Bonchev–Trinajstić information content (AvgIpc) is 2.66. The van der Waals surface area contributed by atoms with Crippen LogP contribution >= 0.6 is 11.6 Å². The molecule has 2 aromatic rings. The molecule has 0 spiro atoms. The summed E-state index contributed by atoms with van der Waals surface area (Å²) in [5.41, 5.74) is -2.77. The van der Waals surface area contributed by atoms with Gasteiger partial charge in [-0.15, -0.1) is 0 Å². The van der Waals surface area contributed by atoms with Crippen molar-refractivity contribution < 1.29 is 31.3 Å². The van der Waals surface area contributed by atoms with E-state index < -0.39 is 34.1 Å². The highest BCUT2D eigenvalue weighted by molar-refractivity contribution is 6.33. The number of rotatable bonds is 3. The minimum absolute atomic E-state index is 0.0270. The quantitative estimate of drug-likeness (QED) is 0.371. The number of benzene rings is 1. The molecule has 0 unspecified atom stereocenters. The molecule has 13 heteroatoms. The van der Waals surface area contributed by atoms with Gasteiger partial charge in [-0.2, -0.15) is 26.3 Å². The zero-order chi connectivity index (χ0) is 22.3. The molecule has 1 aliphatic heterocycles. The molecule has 0 bridgehead atoms. The summed E-state index contributed by atoms with van der Waals surface area (Å²) in [6.07, 6.45) is -8.64. The second kappa shape index (κ2) is 7.82. The van der Waals surface area contributed by atoms with Gasteiger partial charge in [0.1, 0.15) is 11.5 Å². The zero-order valence-electron chi connectivity index (χ0n) is 15.0. The Morgan fingerprint density at radius 3 is 2.00 bits per heavy atom. The van der Waals surface area contributed by atoms with Crippen LogP contribution in [0.1, 0.15) is 11.1 Å². The van der Waals surface area contributed by atoms with Gasteiger partial charge in [0.15, 0.2) is 0 Å². The number of nitro groups is 1. The van der Waals surface area contributed by atoms with E-state index in [0.717, 1.165) is 18.2 Å². The predicted molar refractivity (Wildman–Crippen MR) is 96.8 cm³/mol. The van der Waals surface area contributed by atoms with Gasteiger partial charge < -0.3 is 9.80 Å². The molecule has 0 aliphatic carbocycles. The summed E-state index contributed by atoms with van der Waals surface area (Å²) in [4.78, 5) is 17.3. The molecule has 3 rings (SSSR count). The first-order valence-corrected chi connectivity index (χ1v) is 8.84. The Morgan fingerprint density at radius 1 is 0.933 bits per heavy atom. The topological polar surface area (TPSA) is 62.5 Å². The molecule has 1 fully saturated rings. The van der Waals surface area contributed by atoms with Crippen molar-refractivity contribution in [2.24, 2.45) is 0 Å². The van der Waals surface area contributed by atoms with Gasteiger partial charge >= 0.3 is 12.4 Å². The molecule has 2 heterocycles. The van der Waals surface area contributed by atoms with E-state index in [4.69, 9.17) is 11.6 Å². The molecule has 1 saturated heterocycles. The van der Waals surface area contributed by atoms with E-state index in [9.17, 15) is 36.5 Å². The number of hydrogen-bond donors (Lipinski definition) is 0. The van der Waals surface area contributed by atoms with E-state index in [-0.39, 0.29) is 42.7 Å². The minimum atomic E-state index is -4.72. The Balaban J connectivity index is 1.78. The molecule has 1 aromatic heterocycles. The lowest BCUT2D eigenvalue weighted by Gasteiger charge is -2.36. The van der Waals surface area contributed by atoms with Gasteiger partial charge in [0.05, 0.1) is 21.1 Å². The standard InChI is InChI=1S/C17H13ClF6N4O2/c18-12-7-11(17(22,23)24)9-25-15(12)27-5-3-26(4-6-27)13-2-1-10(16(19,20)21)8-14(13)28(29)30/h1-2,7-9H,3-6H2. The van der Waals surface area contributed by atoms with E-state index >= 15 is 0 Å². The number of pyridine rings is 1. The van der Waals surface area contributed by atoms with Crippen LogP contribution in [0.5, 0.6) is 0 Å². The highest BCUT2D eigenvalue weighted by Crippen LogP contribution is 2.38. The molecule has 0 atom stereocenters. The van der Waals surface area contributed by atoms with Crippen molar-refractivity contribution in [3.8, 4) is 0 Å². The fourth-order valence-corrected chi connectivity index (χ4v) is 3.38. The number of nitro benzene ring substituents is 1. The number of hydrogen-bond acceptors (Lipinski definition) is 5. The largest absolute Gasteiger partial charge is 0.417 e. The Hall–Kier alpha value is -2.76. The van der Waals surface area contributed by atoms with E-state index in [1.165, 1.54) is 4.90 Å². The molecule has 30 heavy (non-hydrogen) atoms. The predicted octanol–water partition coefficient (Wildman–Crippen LogP) is 5.01. The zero-order valence-corrected chi connectivity index (χ0v) is 15.7. The van der Waals surface area contributed by atoms with E-state index in [1.807, 2.05) is 0 Å². The van der Waals surface area contributed by atoms with Gasteiger partial charge in [0.2, 0.25) is 0 Å². The molecule has 0 saturated carbocycles. The van der Waals surface area contributed by atoms with Crippen molar-refractivity contribution in [2.75, 3.05) is 36.0 Å². The lowest BCUT2D eigenvalue weighted by molar-refractivity contribution is -0.384. The van der Waals surface area contributed by atoms with Crippen LogP contribution in [-0.4, -0.2) is 36.1 Å². The summed E-state index contributed by atoms with van der Waals surface area (Å²) in [6, 6.07) is 3.05. The molecule has 0 N–H and O–H groups in total. The van der Waals surface area contributed by atoms with Crippen LogP contribution in [0.25, 0.3) is 0 Å². The molecule has 0 radical (unpaired) electrons. The summed E-state index contributed by atoms with van der Waals surface area (Å²) in [6.45, 7) is 0.753. The monoisotopic (exact) mass is 454 g/mol. The van der Waals surface area contributed by atoms with Crippen LogP contribution in [0.15, 0.2) is 30.5 Å². The van der Waals surface area contributed by atoms with Crippen molar-refractivity contribution in [3.05, 3.63) is 56.7 Å². The molecule has 0 amide bonds. The van der Waals surface area contributed by atoms with Gasteiger partial charge in [-0.25, -0.2) is 4.98 Å². The first kappa shape index (κ1) is 21.9. The summed E-state index contributed by atoms with van der Waals surface area (Å²) in [7, 11) is 0. The first-order chi connectivity index (χ1) is 13.9. The third-order valence-electron chi connectivity index (χ3n) is 4.57. The number of halogens is 7. The molecule has 1 aliphatic rings. The third-order valence-corrected chi connectivity index (χ3v) is 4.85. The van der Waals surface area contributed by atoms with Crippen LogP contribution in [0, 0.1) is 10.1 Å². The highest BCUT2D eigenvalue weighted by atomic mass is 35.5. The van der Waals surface area contributed by atoms with Crippen LogP contribution in [0.4, 0.5) is 43.5 Å². The number of aromatic nitrogens is 1. The second-order valence-electron chi connectivity index (χ2n) is 6.46. The van der Waals surface area contributed by atoms with Gasteiger partial charge in [-0.05, 0) is 18.2 Å². The normalized spacial score (nSPS) is 15.4. The summed E-state index contributed by atoms with van der Waals surface area (Å²) in [5, 5.41) is 11.1. The molecular weight excluding hydrogens is 442 g/mol. The van der Waals surface area contributed by atoms with Crippen molar-refractivity contribution in [1.82, 2.24) is 4.98 Å². The lowest BCUT2D eigenvalue weighted by Crippen LogP contribution is -2.47. The van der Waals surface area contributed by atoms with E-state index in [0.29, 0.717) is 12.3 Å². The van der Waals surface area contributed by atoms with Crippen molar-refractivity contribution in [2.45, 2.75) is 12.4 Å². The average molecular weight is 455 g/mol. The maximum atomic E-state index is 12.9. The van der Waals surface area contributed by atoms with Crippen molar-refractivity contribution in [3.63, 3.8) is 0 Å². The SMILES string of the molecule is O=[N+]([O-])c1cc(C(F)(F)F)ccc1N1CCN(c2ncc(C(F)(F)F)cc2Cl)CC1. The second-order valence-corrected chi connectivity index (χ2v) is 6.87. The Bertz CT molecular complexity index is 958. The number of alkyl halides is 6. The van der Waals surface area contributed by atoms with Crippen molar-refractivity contribution >= 4 is 28.8 Å². The van der Waals surface area contributed by atoms with Gasteiger partial charge in [-0.3, -0.25) is 10.1 Å². The van der Waals surface area contributed by atoms with Crippen LogP contribution < -0.4 is 9.80 Å². The molecule has 6 nitrogen and oxygen atoms in total. The number of piperazine rings is 1. The Kier molecular flexibility index (Phi) is 5.72. The van der Waals surface area contributed by atoms with Crippen LogP contribution in [-0.2, 0) is 12.4 Å². The maximum Gasteiger partial charge on any atom is 0.417 e. The van der Waals surface area contributed by atoms with Gasteiger partial charge in [0.25, 0.3) is 5.69 Å². The van der Waals surface area contributed by atoms with Crippen molar-refractivity contribution in [1.29, 1.82) is 0 Å². The van der Waals surface area contributed by atoms with Gasteiger partial charge in [0, 0.05) is 38.4 Å². The first-order valence-electron chi connectivity index (χ1n) is 8.46. The van der Waals surface area contributed by atoms with Crippen LogP contribution in [0.2, 0.25) is 5.02 Å². The summed E-state index contributed by atoms with van der Waals surface area (Å²) in [5.74, 6) is 0.131. The highest BCUT2D eigenvalue weighted by Gasteiger charge is 2.35. The lowest BCUT2D eigenvalue weighted by atomic mass is 10.1. The summed E-state index contributed by atoms with van der Waals surface area (Å²) < 4.78 is 76.8. The molecule has 1 aromatic carbocycles. The summed E-state index contributed by atoms with van der Waals surface area (Å²) >= 11 is 5.94. The molecular formula is C17H13ClF6N4O2. The van der Waals surface area contributed by atoms with E-state index in [2.05, 4.69) is 4.98 Å². The minimum Gasteiger partial charge on any atom is -0.362 e. The smallest absolute Gasteiger partial charge is 0.362 e. The molecule has 162 valence electrons. The van der Waals surface area contributed by atoms with Crippen LogP contribution in [0.3, 0.4) is 0 Å².